The second kappa shape index (κ2) is 6.30. The highest BCUT2D eigenvalue weighted by Crippen LogP contribution is 2.34. The second-order valence-electron chi connectivity index (χ2n) is 5.09. The molecule has 0 aromatic carbocycles. The Balaban J connectivity index is 1.91. The van der Waals surface area contributed by atoms with Gasteiger partial charge in [0, 0.05) is 42.0 Å². The number of nitrogens with two attached hydrogens (primary N) is 1. The van der Waals surface area contributed by atoms with Crippen molar-refractivity contribution in [3.8, 4) is 11.3 Å². The Morgan fingerprint density at radius 1 is 1.00 bits per heavy atom. The first-order valence-electron chi connectivity index (χ1n) is 7.04. The number of nitrogens with one attached hydrogen (secondary N) is 1. The average molecular weight is 347 g/mol. The van der Waals surface area contributed by atoms with E-state index in [-0.39, 0.29) is 5.82 Å². The van der Waals surface area contributed by atoms with Crippen molar-refractivity contribution in [2.24, 2.45) is 0 Å². The van der Waals surface area contributed by atoms with Gasteiger partial charge in [-0.3, -0.25) is 0 Å². The maximum Gasteiger partial charge on any atom is 0.419 e. The zero-order valence-electron chi connectivity index (χ0n) is 12.9. The summed E-state index contributed by atoms with van der Waals surface area (Å²) < 4.78 is 38.2. The lowest BCUT2D eigenvalue weighted by Gasteiger charge is -2.12. The van der Waals surface area contributed by atoms with Gasteiger partial charge in [-0.15, -0.1) is 0 Å². The van der Waals surface area contributed by atoms with Crippen molar-refractivity contribution in [1.29, 1.82) is 0 Å². The Kier molecular flexibility index (Phi) is 4.17. The molecule has 0 saturated carbocycles. The molecule has 0 saturated heterocycles. The highest BCUT2D eigenvalue weighted by atomic mass is 19.4. The minimum absolute atomic E-state index is 0.138. The summed E-state index contributed by atoms with van der Waals surface area (Å²) in [4.78, 5) is 20.1. The molecular weight excluding hydrogens is 335 g/mol. The zero-order chi connectivity index (χ0) is 18.0. The van der Waals surface area contributed by atoms with Crippen LogP contribution in [0.3, 0.4) is 0 Å². The number of anilines is 3. The van der Waals surface area contributed by atoms with Crippen molar-refractivity contribution in [2.75, 3.05) is 11.1 Å². The van der Waals surface area contributed by atoms with Crippen LogP contribution in [0.15, 0.2) is 37.1 Å². The first kappa shape index (κ1) is 16.6. The van der Waals surface area contributed by atoms with E-state index in [0.29, 0.717) is 29.1 Å². The smallest absolute Gasteiger partial charge is 0.398 e. The number of hydrogen-bond acceptors (Lipinski definition) is 7. The van der Waals surface area contributed by atoms with Gasteiger partial charge in [-0.25, -0.2) is 24.9 Å². The van der Waals surface area contributed by atoms with Gasteiger partial charge in [-0.2, -0.15) is 13.2 Å². The number of nitrogens with zero attached hydrogens (tertiary/aromatic N) is 5. The summed E-state index contributed by atoms with van der Waals surface area (Å²) in [6.45, 7) is 1.69. The van der Waals surface area contributed by atoms with Gasteiger partial charge in [0.05, 0.1) is 11.3 Å². The predicted molar refractivity (Wildman–Crippen MR) is 84.7 cm³/mol. The van der Waals surface area contributed by atoms with Crippen LogP contribution in [0.5, 0.6) is 0 Å². The molecule has 7 nitrogen and oxygen atoms in total. The minimum Gasteiger partial charge on any atom is -0.398 e. The van der Waals surface area contributed by atoms with Crippen LogP contribution in [-0.2, 0) is 6.18 Å². The van der Waals surface area contributed by atoms with Crippen LogP contribution < -0.4 is 11.1 Å². The highest BCUT2D eigenvalue weighted by Gasteiger charge is 2.33. The first-order chi connectivity index (χ1) is 11.8. The number of hydrogen-bond donors (Lipinski definition) is 2. The van der Waals surface area contributed by atoms with E-state index in [1.165, 1.54) is 6.33 Å². The molecule has 0 amide bonds. The monoisotopic (exact) mass is 347 g/mol. The largest absolute Gasteiger partial charge is 0.419 e. The van der Waals surface area contributed by atoms with Crippen molar-refractivity contribution < 1.29 is 13.2 Å². The molecule has 0 spiro atoms. The summed E-state index contributed by atoms with van der Waals surface area (Å²) in [5.41, 5.74) is 5.29. The molecule has 3 aromatic rings. The van der Waals surface area contributed by atoms with Crippen LogP contribution in [0.1, 0.15) is 11.4 Å². The Labute approximate surface area is 140 Å². The second-order valence-corrected chi connectivity index (χ2v) is 5.09. The summed E-state index contributed by atoms with van der Waals surface area (Å²) in [7, 11) is 0. The van der Waals surface area contributed by atoms with Crippen molar-refractivity contribution in [1.82, 2.24) is 24.9 Å². The Morgan fingerprint density at radius 2 is 1.72 bits per heavy atom. The number of pyridine rings is 1. The Morgan fingerprint density at radius 3 is 2.36 bits per heavy atom. The van der Waals surface area contributed by atoms with E-state index in [2.05, 4.69) is 30.2 Å². The van der Waals surface area contributed by atoms with E-state index in [1.807, 2.05) is 0 Å². The molecule has 0 aliphatic carbocycles. The van der Waals surface area contributed by atoms with E-state index in [0.717, 1.165) is 6.07 Å². The lowest BCUT2D eigenvalue weighted by molar-refractivity contribution is -0.137. The van der Waals surface area contributed by atoms with E-state index in [9.17, 15) is 13.2 Å². The molecule has 10 heteroatoms. The molecule has 3 aromatic heterocycles. The van der Waals surface area contributed by atoms with Crippen LogP contribution in [0.25, 0.3) is 11.3 Å². The van der Waals surface area contributed by atoms with Gasteiger partial charge in [0.1, 0.15) is 23.8 Å². The van der Waals surface area contributed by atoms with E-state index >= 15 is 0 Å². The Hall–Kier alpha value is -3.30. The topological polar surface area (TPSA) is 102 Å². The van der Waals surface area contributed by atoms with Crippen LogP contribution >= 0.6 is 0 Å². The molecule has 128 valence electrons. The molecule has 25 heavy (non-hydrogen) atoms. The minimum atomic E-state index is -4.55. The summed E-state index contributed by atoms with van der Waals surface area (Å²) in [5, 5.41) is 2.82. The number of rotatable bonds is 3. The molecule has 3 rings (SSSR count). The third-order valence-electron chi connectivity index (χ3n) is 3.19. The molecule has 0 atom stereocenters. The summed E-state index contributed by atoms with van der Waals surface area (Å²) in [5.74, 6) is 0.959. The maximum absolute atomic E-state index is 12.7. The van der Waals surface area contributed by atoms with Crippen LogP contribution in [0.2, 0.25) is 0 Å². The number of aromatic nitrogens is 5. The number of aryl methyl sites for hydroxylation is 1. The average Bonchev–Trinajstić information content (AvgIpc) is 2.54. The lowest BCUT2D eigenvalue weighted by atomic mass is 10.2. The number of alkyl halides is 3. The molecular formula is C15H12F3N7. The fourth-order valence-corrected chi connectivity index (χ4v) is 2.12. The molecule has 0 bridgehead atoms. The maximum atomic E-state index is 12.7. The number of nitrogen functional groups attached to an aromatic ring is 1. The lowest BCUT2D eigenvalue weighted by Crippen LogP contribution is -2.10. The predicted octanol–water partition coefficient (Wildman–Crippen LogP) is 2.98. The summed E-state index contributed by atoms with van der Waals surface area (Å²) in [6, 6.07) is 2.72. The molecule has 0 radical (unpaired) electrons. The fourth-order valence-electron chi connectivity index (χ4n) is 2.12. The fraction of sp³-hybridized carbons (Fsp3) is 0.133. The van der Waals surface area contributed by atoms with Gasteiger partial charge in [0.25, 0.3) is 0 Å². The quantitative estimate of drug-likeness (QED) is 0.751. The van der Waals surface area contributed by atoms with Crippen LogP contribution in [-0.4, -0.2) is 24.9 Å². The molecule has 3 heterocycles. The third-order valence-corrected chi connectivity index (χ3v) is 3.19. The van der Waals surface area contributed by atoms with Gasteiger partial charge in [-0.05, 0) is 6.92 Å². The van der Waals surface area contributed by atoms with Crippen molar-refractivity contribution >= 4 is 17.3 Å². The van der Waals surface area contributed by atoms with E-state index in [4.69, 9.17) is 5.73 Å². The summed E-state index contributed by atoms with van der Waals surface area (Å²) in [6.07, 6.45) is 0.699. The Bertz CT molecular complexity index is 897. The van der Waals surface area contributed by atoms with Gasteiger partial charge >= 0.3 is 6.18 Å². The standard InChI is InChI=1S/C15H12F3N7/c1-8-23-12(9-4-20-7-21-5-9)3-14(24-8)25-13-2-11(19)10(6-22-13)15(16,17)18/h2-7H,1H3,(H3,19,22,23,24,25). The van der Waals surface area contributed by atoms with Crippen molar-refractivity contribution in [2.45, 2.75) is 13.1 Å². The first-order valence-corrected chi connectivity index (χ1v) is 7.04. The number of halogens is 3. The van der Waals surface area contributed by atoms with Gasteiger partial charge < -0.3 is 11.1 Å². The highest BCUT2D eigenvalue weighted by molar-refractivity contribution is 5.65. The zero-order valence-corrected chi connectivity index (χ0v) is 12.9. The van der Waals surface area contributed by atoms with E-state index < -0.39 is 17.4 Å². The summed E-state index contributed by atoms with van der Waals surface area (Å²) >= 11 is 0. The van der Waals surface area contributed by atoms with Gasteiger partial charge in [0.2, 0.25) is 0 Å². The normalized spacial score (nSPS) is 11.4. The van der Waals surface area contributed by atoms with Gasteiger partial charge in [-0.1, -0.05) is 0 Å². The third kappa shape index (κ3) is 3.79. The van der Waals surface area contributed by atoms with E-state index in [1.54, 1.807) is 25.4 Å². The van der Waals surface area contributed by atoms with Crippen LogP contribution in [0.4, 0.5) is 30.5 Å². The van der Waals surface area contributed by atoms with Gasteiger partial charge in [0.15, 0.2) is 0 Å². The van der Waals surface area contributed by atoms with Crippen LogP contribution in [0, 0.1) is 6.92 Å². The molecule has 0 aliphatic rings. The molecule has 0 fully saturated rings. The SMILES string of the molecule is Cc1nc(Nc2cc(N)c(C(F)(F)F)cn2)cc(-c2cncnc2)n1. The van der Waals surface area contributed by atoms with Crippen molar-refractivity contribution in [3.05, 3.63) is 48.4 Å². The molecule has 0 unspecified atom stereocenters. The van der Waals surface area contributed by atoms with Crippen molar-refractivity contribution in [3.63, 3.8) is 0 Å². The molecule has 3 N–H and O–H groups in total. The molecule has 0 aliphatic heterocycles.